The second-order valence-corrected chi connectivity index (χ2v) is 7.22. The third kappa shape index (κ3) is 4.63. The van der Waals surface area contributed by atoms with E-state index in [1.165, 1.54) is 0 Å². The van der Waals surface area contributed by atoms with E-state index in [2.05, 4.69) is 10.3 Å². The average molecular weight is 419 g/mol. The predicted octanol–water partition coefficient (Wildman–Crippen LogP) is 4.72. The number of carbonyl (C=O) groups is 1. The van der Waals surface area contributed by atoms with E-state index in [-0.39, 0.29) is 11.6 Å². The van der Waals surface area contributed by atoms with Gasteiger partial charge in [0.25, 0.3) is 5.91 Å². The van der Waals surface area contributed by atoms with E-state index in [4.69, 9.17) is 5.10 Å². The molecule has 0 fully saturated rings. The van der Waals surface area contributed by atoms with Gasteiger partial charge in [0.1, 0.15) is 17.3 Å². The molecule has 0 saturated carbocycles. The maximum Gasteiger partial charge on any atom is 0.262 e. The Hall–Kier alpha value is -4.50. The van der Waals surface area contributed by atoms with Gasteiger partial charge in [0, 0.05) is 29.7 Å². The van der Waals surface area contributed by atoms with Crippen molar-refractivity contribution in [2.75, 3.05) is 0 Å². The highest BCUT2D eigenvalue weighted by Crippen LogP contribution is 2.25. The highest BCUT2D eigenvalue weighted by atomic mass is 16.1. The molecule has 1 atom stereocenters. The second-order valence-electron chi connectivity index (χ2n) is 7.22. The first-order valence-corrected chi connectivity index (χ1v) is 10.2. The van der Waals surface area contributed by atoms with Crippen molar-refractivity contribution < 1.29 is 4.79 Å². The number of aromatic nitrogens is 3. The monoisotopic (exact) mass is 419 g/mol. The molecule has 6 nitrogen and oxygen atoms in total. The first kappa shape index (κ1) is 20.8. The molecule has 0 unspecified atom stereocenters. The van der Waals surface area contributed by atoms with Crippen LogP contribution in [0.25, 0.3) is 23.0 Å². The molecule has 0 spiro atoms. The van der Waals surface area contributed by atoms with Gasteiger partial charge in [-0.25, -0.2) is 4.68 Å². The lowest BCUT2D eigenvalue weighted by molar-refractivity contribution is -0.117. The molecule has 0 saturated heterocycles. The summed E-state index contributed by atoms with van der Waals surface area (Å²) in [6.45, 7) is 1.89. The van der Waals surface area contributed by atoms with Gasteiger partial charge >= 0.3 is 0 Å². The molecule has 4 aromatic rings. The first-order valence-electron chi connectivity index (χ1n) is 10.2. The van der Waals surface area contributed by atoms with Crippen molar-refractivity contribution in [2.24, 2.45) is 0 Å². The molecule has 0 aliphatic carbocycles. The van der Waals surface area contributed by atoms with Gasteiger partial charge in [0.05, 0.1) is 11.7 Å². The van der Waals surface area contributed by atoms with Crippen molar-refractivity contribution in [1.29, 1.82) is 5.26 Å². The maximum absolute atomic E-state index is 12.8. The standard InChI is InChI=1S/C26H21N5O/c1-19(20-8-4-2-5-9-20)29-26(32)22(17-27)16-23-18-31(24-10-6-3-7-11-24)30-25(23)21-12-14-28-15-13-21/h2-16,18-19H,1H3,(H,29,32)/b22-16+/t19-/m0/s1. The molecule has 1 amide bonds. The normalized spacial score (nSPS) is 12.1. The lowest BCUT2D eigenvalue weighted by atomic mass is 10.1. The number of benzene rings is 2. The van der Waals surface area contributed by atoms with Crippen molar-refractivity contribution in [3.8, 4) is 23.0 Å². The molecule has 0 aliphatic heterocycles. The fourth-order valence-electron chi connectivity index (χ4n) is 3.34. The van der Waals surface area contributed by atoms with Crippen molar-refractivity contribution in [3.63, 3.8) is 0 Å². The minimum absolute atomic E-state index is 0.00991. The van der Waals surface area contributed by atoms with E-state index < -0.39 is 5.91 Å². The Morgan fingerprint density at radius 3 is 2.34 bits per heavy atom. The molecule has 6 heteroatoms. The molecule has 2 aromatic heterocycles. The summed E-state index contributed by atoms with van der Waals surface area (Å²) < 4.78 is 1.74. The van der Waals surface area contributed by atoms with Crippen molar-refractivity contribution >= 4 is 12.0 Å². The van der Waals surface area contributed by atoms with E-state index in [9.17, 15) is 10.1 Å². The van der Waals surface area contributed by atoms with Crippen molar-refractivity contribution in [1.82, 2.24) is 20.1 Å². The van der Waals surface area contributed by atoms with Crippen LogP contribution >= 0.6 is 0 Å². The molecule has 156 valence electrons. The van der Waals surface area contributed by atoms with Gasteiger partial charge < -0.3 is 5.32 Å². The zero-order valence-electron chi connectivity index (χ0n) is 17.5. The van der Waals surface area contributed by atoms with Crippen LogP contribution in [0.3, 0.4) is 0 Å². The number of hydrogen-bond donors (Lipinski definition) is 1. The fraction of sp³-hybridized carbons (Fsp3) is 0.0769. The summed E-state index contributed by atoms with van der Waals surface area (Å²) in [6.07, 6.45) is 6.76. The highest BCUT2D eigenvalue weighted by Gasteiger charge is 2.17. The SMILES string of the molecule is C[C@H](NC(=O)/C(C#N)=C/c1cn(-c2ccccc2)nc1-c1ccncc1)c1ccccc1. The minimum Gasteiger partial charge on any atom is -0.345 e. The topological polar surface area (TPSA) is 83.6 Å². The number of nitrogens with one attached hydrogen (secondary N) is 1. The second kappa shape index (κ2) is 9.54. The number of nitriles is 1. The van der Waals surface area contributed by atoms with Gasteiger partial charge in [-0.3, -0.25) is 9.78 Å². The summed E-state index contributed by atoms with van der Waals surface area (Å²) in [7, 11) is 0. The van der Waals surface area contributed by atoms with Crippen LogP contribution in [0.4, 0.5) is 0 Å². The van der Waals surface area contributed by atoms with Crippen LogP contribution in [0.15, 0.2) is 97.0 Å². The molecule has 0 radical (unpaired) electrons. The maximum atomic E-state index is 12.8. The molecular weight excluding hydrogens is 398 g/mol. The molecule has 0 aliphatic rings. The van der Waals surface area contributed by atoms with Crippen LogP contribution in [0.5, 0.6) is 0 Å². The summed E-state index contributed by atoms with van der Waals surface area (Å²) in [5, 5.41) is 17.3. The van der Waals surface area contributed by atoms with Crippen LogP contribution in [0.2, 0.25) is 0 Å². The van der Waals surface area contributed by atoms with Crippen LogP contribution in [0.1, 0.15) is 24.1 Å². The Bertz CT molecular complexity index is 1270. The van der Waals surface area contributed by atoms with Gasteiger partial charge in [-0.1, -0.05) is 48.5 Å². The number of rotatable bonds is 6. The Morgan fingerprint density at radius 2 is 1.69 bits per heavy atom. The lowest BCUT2D eigenvalue weighted by Crippen LogP contribution is -2.27. The molecule has 2 aromatic carbocycles. The molecule has 2 heterocycles. The average Bonchev–Trinajstić information content (AvgIpc) is 3.28. The minimum atomic E-state index is -0.433. The Labute approximate surface area is 186 Å². The fourth-order valence-corrected chi connectivity index (χ4v) is 3.34. The summed E-state index contributed by atoms with van der Waals surface area (Å²) in [6, 6.07) is 24.8. The van der Waals surface area contributed by atoms with Gasteiger partial charge in [-0.15, -0.1) is 0 Å². The van der Waals surface area contributed by atoms with Crippen molar-refractivity contribution in [3.05, 3.63) is 108 Å². The Morgan fingerprint density at radius 1 is 1.03 bits per heavy atom. The molecule has 1 N–H and O–H groups in total. The smallest absolute Gasteiger partial charge is 0.262 e. The molecule has 32 heavy (non-hydrogen) atoms. The number of nitrogens with zero attached hydrogens (tertiary/aromatic N) is 4. The van der Waals surface area contributed by atoms with Gasteiger partial charge in [-0.05, 0) is 42.8 Å². The molecule has 4 rings (SSSR count). The molecule has 0 bridgehead atoms. The van der Waals surface area contributed by atoms with Crippen LogP contribution in [-0.2, 0) is 4.79 Å². The molecular formula is C26H21N5O. The van der Waals surface area contributed by atoms with Crippen LogP contribution < -0.4 is 5.32 Å². The quantitative estimate of drug-likeness (QED) is 0.362. The zero-order valence-corrected chi connectivity index (χ0v) is 17.5. The number of hydrogen-bond acceptors (Lipinski definition) is 4. The van der Waals surface area contributed by atoms with E-state index in [1.54, 1.807) is 23.2 Å². The van der Waals surface area contributed by atoms with E-state index in [1.807, 2.05) is 92.0 Å². The summed E-state index contributed by atoms with van der Waals surface area (Å²) >= 11 is 0. The third-order valence-corrected chi connectivity index (χ3v) is 5.03. The Kier molecular flexibility index (Phi) is 6.19. The van der Waals surface area contributed by atoms with Gasteiger partial charge in [0.15, 0.2) is 0 Å². The zero-order chi connectivity index (χ0) is 22.3. The highest BCUT2D eigenvalue weighted by molar-refractivity contribution is 6.02. The summed E-state index contributed by atoms with van der Waals surface area (Å²) in [4.78, 5) is 16.9. The van der Waals surface area contributed by atoms with Crippen LogP contribution in [-0.4, -0.2) is 20.7 Å². The predicted molar refractivity (Wildman–Crippen MR) is 123 cm³/mol. The summed E-state index contributed by atoms with van der Waals surface area (Å²) in [5.41, 5.74) is 4.02. The van der Waals surface area contributed by atoms with Gasteiger partial charge in [0.2, 0.25) is 0 Å². The third-order valence-electron chi connectivity index (χ3n) is 5.03. The van der Waals surface area contributed by atoms with Crippen molar-refractivity contribution in [2.45, 2.75) is 13.0 Å². The number of pyridine rings is 1. The Balaban J connectivity index is 1.69. The van der Waals surface area contributed by atoms with Crippen LogP contribution in [0, 0.1) is 11.3 Å². The number of para-hydroxylation sites is 1. The largest absolute Gasteiger partial charge is 0.345 e. The number of amides is 1. The lowest BCUT2D eigenvalue weighted by Gasteiger charge is -2.13. The number of carbonyl (C=O) groups excluding carboxylic acids is 1. The first-order chi connectivity index (χ1) is 15.7. The summed E-state index contributed by atoms with van der Waals surface area (Å²) in [5.74, 6) is -0.433. The van der Waals surface area contributed by atoms with Gasteiger partial charge in [-0.2, -0.15) is 10.4 Å². The van der Waals surface area contributed by atoms with E-state index in [0.717, 1.165) is 16.8 Å². The van der Waals surface area contributed by atoms with E-state index >= 15 is 0 Å². The van der Waals surface area contributed by atoms with E-state index in [0.29, 0.717) is 11.3 Å².